The normalized spacial score (nSPS) is 19.5. The van der Waals surface area contributed by atoms with Crippen molar-refractivity contribution >= 4 is 35.1 Å². The molecule has 2 aliphatic heterocycles. The lowest BCUT2D eigenvalue weighted by atomic mass is 10.1. The maximum Gasteiger partial charge on any atom is 0.325 e. The third-order valence-electron chi connectivity index (χ3n) is 5.05. The van der Waals surface area contributed by atoms with Crippen LogP contribution in [0.2, 0.25) is 0 Å². The number of carbonyl (C=O) groups is 4. The number of urea groups is 1. The number of para-hydroxylation sites is 1. The van der Waals surface area contributed by atoms with E-state index in [1.165, 1.54) is 0 Å². The number of rotatable bonds is 5. The van der Waals surface area contributed by atoms with Crippen LogP contribution in [0.4, 0.5) is 16.2 Å². The van der Waals surface area contributed by atoms with E-state index < -0.39 is 42.4 Å². The molecule has 10 heteroatoms. The Hall–Kier alpha value is -4.08. The summed E-state index contributed by atoms with van der Waals surface area (Å²) in [6.45, 7) is 1.63. The quantitative estimate of drug-likeness (QED) is 0.715. The van der Waals surface area contributed by atoms with Crippen LogP contribution in [0.3, 0.4) is 0 Å². The molecule has 2 aromatic carbocycles. The largest absolute Gasteiger partial charge is 0.325 e. The molecule has 0 saturated carbocycles. The van der Waals surface area contributed by atoms with Crippen LogP contribution in [0.25, 0.3) is 0 Å². The molecular weight excluding hydrogens is 400 g/mol. The molecule has 5 amide bonds. The van der Waals surface area contributed by atoms with Gasteiger partial charge in [0, 0.05) is 5.69 Å². The molecule has 2 heterocycles. The first kappa shape index (κ1) is 20.2. The number of hydrogen-bond acceptors (Lipinski definition) is 7. The Morgan fingerprint density at radius 3 is 2.39 bits per heavy atom. The monoisotopic (exact) mass is 420 g/mol. The first-order valence-corrected chi connectivity index (χ1v) is 9.78. The lowest BCUT2D eigenvalue weighted by Crippen LogP contribution is -2.46. The maximum absolute atomic E-state index is 12.8. The van der Waals surface area contributed by atoms with Crippen molar-refractivity contribution < 1.29 is 19.2 Å². The van der Waals surface area contributed by atoms with E-state index in [1.54, 1.807) is 42.5 Å². The highest BCUT2D eigenvalue weighted by atomic mass is 16.2. The summed E-state index contributed by atoms with van der Waals surface area (Å²) in [6, 6.07) is 13.0. The predicted octanol–water partition coefficient (Wildman–Crippen LogP) is 1.89. The molecule has 2 aromatic rings. The van der Waals surface area contributed by atoms with Gasteiger partial charge < -0.3 is 5.32 Å². The summed E-state index contributed by atoms with van der Waals surface area (Å²) in [5.74, 6) is -1.69. The Kier molecular flexibility index (Phi) is 5.44. The Bertz CT molecular complexity index is 1050. The van der Waals surface area contributed by atoms with E-state index >= 15 is 0 Å². The molecular formula is C21H20N6O4. The molecule has 2 N–H and O–H groups in total. The minimum atomic E-state index is -1.01. The standard InChI is InChI=1S/C21H20N6O4/c1-2-13-8-10-14(11-9-13)22-21(31)23-16(28)12-26-18-17(24-25-26)19(29)27(20(18)30)15-6-4-3-5-7-15/h3-11,17-18H,2,12H2,1H3,(H2,22,23,28,31). The highest BCUT2D eigenvalue weighted by molar-refractivity contribution is 6.25. The van der Waals surface area contributed by atoms with Gasteiger partial charge in [-0.1, -0.05) is 42.5 Å². The third-order valence-corrected chi connectivity index (χ3v) is 5.05. The maximum atomic E-state index is 12.8. The molecule has 10 nitrogen and oxygen atoms in total. The zero-order valence-electron chi connectivity index (χ0n) is 16.7. The zero-order chi connectivity index (χ0) is 22.0. The number of nitrogens with zero attached hydrogens (tertiary/aromatic N) is 4. The van der Waals surface area contributed by atoms with Crippen LogP contribution < -0.4 is 15.5 Å². The number of nitrogens with one attached hydrogen (secondary N) is 2. The number of amides is 5. The summed E-state index contributed by atoms with van der Waals surface area (Å²) < 4.78 is 0. The summed E-state index contributed by atoms with van der Waals surface area (Å²) >= 11 is 0. The molecule has 0 bridgehead atoms. The number of aryl methyl sites for hydroxylation is 1. The van der Waals surface area contributed by atoms with Crippen LogP contribution in [0.15, 0.2) is 64.9 Å². The molecule has 1 fully saturated rings. The van der Waals surface area contributed by atoms with Gasteiger partial charge in [-0.15, -0.1) is 0 Å². The van der Waals surface area contributed by atoms with E-state index in [1.807, 2.05) is 19.1 Å². The molecule has 0 spiro atoms. The van der Waals surface area contributed by atoms with Crippen LogP contribution in [0.5, 0.6) is 0 Å². The molecule has 2 atom stereocenters. The van der Waals surface area contributed by atoms with E-state index in [0.717, 1.165) is 21.9 Å². The minimum absolute atomic E-state index is 0.394. The highest BCUT2D eigenvalue weighted by Gasteiger charge is 2.55. The lowest BCUT2D eigenvalue weighted by molar-refractivity contribution is -0.124. The summed E-state index contributed by atoms with van der Waals surface area (Å²) in [5, 5.41) is 13.5. The summed E-state index contributed by atoms with van der Waals surface area (Å²) in [6.07, 6.45) is 0.875. The van der Waals surface area contributed by atoms with Crippen LogP contribution in [0, 0.1) is 0 Å². The fraction of sp³-hybridized carbons (Fsp3) is 0.238. The SMILES string of the molecule is CCc1ccc(NC(=O)NC(=O)CN2N=NC3C(=O)N(c4ccccc4)C(=O)C32)cc1. The van der Waals surface area contributed by atoms with Gasteiger partial charge in [0.25, 0.3) is 11.8 Å². The molecule has 158 valence electrons. The smallest absolute Gasteiger partial charge is 0.308 e. The van der Waals surface area contributed by atoms with Crippen molar-refractivity contribution in [1.82, 2.24) is 10.3 Å². The van der Waals surface area contributed by atoms with Crippen molar-refractivity contribution in [3.05, 3.63) is 60.2 Å². The average Bonchev–Trinajstić information content (AvgIpc) is 3.28. The third kappa shape index (κ3) is 4.00. The molecule has 2 aliphatic rings. The summed E-state index contributed by atoms with van der Waals surface area (Å²) in [5.41, 5.74) is 2.09. The molecule has 0 aromatic heterocycles. The van der Waals surface area contributed by atoms with Crippen LogP contribution in [-0.4, -0.2) is 47.4 Å². The average molecular weight is 420 g/mol. The molecule has 2 unspecified atom stereocenters. The fourth-order valence-electron chi connectivity index (χ4n) is 3.48. The topological polar surface area (TPSA) is 124 Å². The van der Waals surface area contributed by atoms with Gasteiger partial charge in [0.2, 0.25) is 5.91 Å². The predicted molar refractivity (Wildman–Crippen MR) is 111 cm³/mol. The Balaban J connectivity index is 1.37. The van der Waals surface area contributed by atoms with E-state index in [4.69, 9.17) is 0 Å². The van der Waals surface area contributed by atoms with Gasteiger partial charge in [0.15, 0.2) is 12.1 Å². The number of fused-ring (bicyclic) bond motifs is 1. The van der Waals surface area contributed by atoms with E-state index in [0.29, 0.717) is 11.4 Å². The summed E-state index contributed by atoms with van der Waals surface area (Å²) in [7, 11) is 0. The second-order valence-corrected chi connectivity index (χ2v) is 7.09. The Morgan fingerprint density at radius 1 is 1.00 bits per heavy atom. The van der Waals surface area contributed by atoms with Crippen molar-refractivity contribution in [3.8, 4) is 0 Å². The first-order valence-electron chi connectivity index (χ1n) is 9.78. The number of benzene rings is 2. The Labute approximate surface area is 177 Å². The fourth-order valence-corrected chi connectivity index (χ4v) is 3.48. The van der Waals surface area contributed by atoms with E-state index in [9.17, 15) is 19.2 Å². The van der Waals surface area contributed by atoms with E-state index in [-0.39, 0.29) is 0 Å². The highest BCUT2D eigenvalue weighted by Crippen LogP contribution is 2.31. The number of anilines is 2. The number of imide groups is 2. The van der Waals surface area contributed by atoms with Gasteiger partial charge in [0.1, 0.15) is 6.54 Å². The van der Waals surface area contributed by atoms with Gasteiger partial charge in [-0.2, -0.15) is 5.11 Å². The van der Waals surface area contributed by atoms with Crippen LogP contribution in [0.1, 0.15) is 12.5 Å². The first-order chi connectivity index (χ1) is 15.0. The van der Waals surface area contributed by atoms with Crippen molar-refractivity contribution in [2.45, 2.75) is 25.4 Å². The van der Waals surface area contributed by atoms with E-state index in [2.05, 4.69) is 21.0 Å². The van der Waals surface area contributed by atoms with Crippen LogP contribution >= 0.6 is 0 Å². The molecule has 31 heavy (non-hydrogen) atoms. The van der Waals surface area contributed by atoms with Crippen molar-refractivity contribution in [3.63, 3.8) is 0 Å². The van der Waals surface area contributed by atoms with Crippen molar-refractivity contribution in [2.75, 3.05) is 16.8 Å². The zero-order valence-corrected chi connectivity index (χ0v) is 16.7. The lowest BCUT2D eigenvalue weighted by Gasteiger charge is -2.20. The van der Waals surface area contributed by atoms with Gasteiger partial charge in [-0.05, 0) is 36.2 Å². The van der Waals surface area contributed by atoms with Crippen molar-refractivity contribution in [1.29, 1.82) is 0 Å². The number of hydrogen-bond donors (Lipinski definition) is 2. The second kappa shape index (κ2) is 8.34. The van der Waals surface area contributed by atoms with Crippen LogP contribution in [-0.2, 0) is 20.8 Å². The summed E-state index contributed by atoms with van der Waals surface area (Å²) in [4.78, 5) is 50.9. The molecule has 0 radical (unpaired) electrons. The van der Waals surface area contributed by atoms with Gasteiger partial charge in [0.05, 0.1) is 5.69 Å². The minimum Gasteiger partial charge on any atom is -0.308 e. The number of carbonyl (C=O) groups excluding carboxylic acids is 4. The molecule has 1 saturated heterocycles. The second-order valence-electron chi connectivity index (χ2n) is 7.09. The Morgan fingerprint density at radius 2 is 1.71 bits per heavy atom. The van der Waals surface area contributed by atoms with Gasteiger partial charge >= 0.3 is 6.03 Å². The molecule has 4 rings (SSSR count). The van der Waals surface area contributed by atoms with Gasteiger partial charge in [-0.25, -0.2) is 9.69 Å². The van der Waals surface area contributed by atoms with Crippen molar-refractivity contribution in [2.24, 2.45) is 10.3 Å². The molecule has 0 aliphatic carbocycles. The van der Waals surface area contributed by atoms with Gasteiger partial charge in [-0.3, -0.25) is 24.7 Å².